The second-order valence-electron chi connectivity index (χ2n) is 7.08. The summed E-state index contributed by atoms with van der Waals surface area (Å²) in [5.41, 5.74) is 6.29. The quantitative estimate of drug-likeness (QED) is 0.383. The number of aromatic carboxylic acids is 1. The minimum atomic E-state index is -3.14. The van der Waals surface area contributed by atoms with Gasteiger partial charge in [-0.05, 0) is 18.1 Å². The highest BCUT2D eigenvalue weighted by atomic mass is 16.6. The van der Waals surface area contributed by atoms with Gasteiger partial charge in [0.15, 0.2) is 0 Å². The molecule has 2 aliphatic rings. The molecular formula is C16H18BN5O7-2. The number of aromatic nitrogens is 3. The van der Waals surface area contributed by atoms with Crippen LogP contribution in [-0.2, 0) is 11.2 Å². The zero-order chi connectivity index (χ0) is 20.8. The number of carbonyl (C=O) groups is 2. The number of nitrogens with zero attached hydrogens (tertiary/aromatic N) is 3. The number of H-pyrrole nitrogens is 1. The predicted octanol–water partition coefficient (Wildman–Crippen LogP) is -2.68. The van der Waals surface area contributed by atoms with Gasteiger partial charge in [-0.1, -0.05) is 12.4 Å². The lowest BCUT2D eigenvalue weighted by Gasteiger charge is -2.41. The minimum absolute atomic E-state index is 0.0323. The molecule has 1 amide bonds. The Bertz CT molecular complexity index is 945. The molecule has 3 heterocycles. The normalized spacial score (nSPS) is 18.9. The number of carboxylic acid groups (broad SMARTS) is 1. The molecule has 5 N–H and O–H groups in total. The average Bonchev–Trinajstić information content (AvgIpc) is 3.16. The highest BCUT2D eigenvalue weighted by Gasteiger charge is 2.37. The summed E-state index contributed by atoms with van der Waals surface area (Å²) in [6.45, 7) is -2.75. The van der Waals surface area contributed by atoms with Crippen LogP contribution >= 0.6 is 0 Å². The zero-order valence-corrected chi connectivity index (χ0v) is 15.1. The lowest BCUT2D eigenvalue weighted by atomic mass is 9.70. The van der Waals surface area contributed by atoms with Gasteiger partial charge in [-0.25, -0.2) is 0 Å². The number of rotatable bonds is 5. The predicted molar refractivity (Wildman–Crippen MR) is 94.4 cm³/mol. The standard InChI is InChI=1S/C16H19BN5O7/c18-13(10-5-19-21-20-10)15(23)22-6-9(7-22)28-11-2-1-8-3-4-17(26,27)29-14(8)12(11)16(24)25/h1-2,5,9,13,26-27H,3-4,6-7,18H2,(H,24,25)(H,19,20,21)/q-1/p-1. The van der Waals surface area contributed by atoms with Crippen molar-refractivity contribution in [3.63, 3.8) is 0 Å². The summed E-state index contributed by atoms with van der Waals surface area (Å²) in [5.74, 6) is -2.12. The fourth-order valence-electron chi connectivity index (χ4n) is 3.38. The van der Waals surface area contributed by atoms with Crippen molar-refractivity contribution in [2.75, 3.05) is 13.1 Å². The van der Waals surface area contributed by atoms with Gasteiger partial charge in [0.25, 0.3) is 0 Å². The van der Waals surface area contributed by atoms with Gasteiger partial charge in [0.1, 0.15) is 23.6 Å². The van der Waals surface area contributed by atoms with Crippen LogP contribution in [0.15, 0.2) is 18.3 Å². The van der Waals surface area contributed by atoms with Crippen molar-refractivity contribution in [3.05, 3.63) is 35.2 Å². The van der Waals surface area contributed by atoms with Gasteiger partial charge in [-0.2, -0.15) is 15.4 Å². The molecule has 29 heavy (non-hydrogen) atoms. The molecule has 0 spiro atoms. The molecule has 1 unspecified atom stereocenters. The average molecular weight is 403 g/mol. The molecular weight excluding hydrogens is 385 g/mol. The van der Waals surface area contributed by atoms with Gasteiger partial charge in [0.05, 0.1) is 36.6 Å². The van der Waals surface area contributed by atoms with Gasteiger partial charge >= 0.3 is 6.75 Å². The van der Waals surface area contributed by atoms with E-state index >= 15 is 0 Å². The molecule has 2 aliphatic heterocycles. The van der Waals surface area contributed by atoms with Crippen LogP contribution in [-0.4, -0.2) is 68.2 Å². The molecule has 0 saturated carbocycles. The molecule has 4 rings (SSSR count). The first kappa shape index (κ1) is 19.2. The Morgan fingerprint density at radius 1 is 1.41 bits per heavy atom. The minimum Gasteiger partial charge on any atom is -0.669 e. The van der Waals surface area contributed by atoms with Crippen molar-refractivity contribution in [1.29, 1.82) is 0 Å². The molecule has 12 nitrogen and oxygen atoms in total. The third-order valence-electron chi connectivity index (χ3n) is 4.97. The number of aryl methyl sites for hydroxylation is 1. The first-order chi connectivity index (χ1) is 13.7. The maximum absolute atomic E-state index is 12.3. The number of amides is 1. The van der Waals surface area contributed by atoms with Crippen molar-refractivity contribution in [1.82, 2.24) is 20.3 Å². The topological polar surface area (TPSA) is 187 Å². The maximum Gasteiger partial charge on any atom is 0.430 e. The van der Waals surface area contributed by atoms with E-state index in [1.165, 1.54) is 17.2 Å². The summed E-state index contributed by atoms with van der Waals surface area (Å²) >= 11 is 0. The van der Waals surface area contributed by atoms with Gasteiger partial charge < -0.3 is 40.0 Å². The second-order valence-corrected chi connectivity index (χ2v) is 7.08. The Morgan fingerprint density at radius 2 is 2.17 bits per heavy atom. The van der Waals surface area contributed by atoms with Crippen LogP contribution in [0.25, 0.3) is 0 Å². The van der Waals surface area contributed by atoms with E-state index in [1.807, 2.05) is 0 Å². The van der Waals surface area contributed by atoms with Crippen molar-refractivity contribution < 1.29 is 34.1 Å². The second kappa shape index (κ2) is 7.02. The van der Waals surface area contributed by atoms with E-state index in [-0.39, 0.29) is 48.8 Å². The molecule has 2 aromatic rings. The van der Waals surface area contributed by atoms with Crippen molar-refractivity contribution in [2.45, 2.75) is 24.9 Å². The van der Waals surface area contributed by atoms with Crippen molar-refractivity contribution >= 4 is 18.6 Å². The fraction of sp³-hybridized carbons (Fsp3) is 0.375. The Kier molecular flexibility index (Phi) is 4.64. The summed E-state index contributed by atoms with van der Waals surface area (Å²) in [5, 5.41) is 41.0. The van der Waals surface area contributed by atoms with E-state index < -0.39 is 24.9 Å². The molecule has 13 heteroatoms. The number of aromatic amines is 1. The van der Waals surface area contributed by atoms with Crippen molar-refractivity contribution in [2.24, 2.45) is 5.73 Å². The molecule has 154 valence electrons. The smallest absolute Gasteiger partial charge is 0.430 e. The number of ether oxygens (including phenoxy) is 1. The van der Waals surface area contributed by atoms with Crippen molar-refractivity contribution in [3.8, 4) is 11.5 Å². The lowest BCUT2D eigenvalue weighted by Crippen LogP contribution is -2.58. The molecule has 1 saturated heterocycles. The molecule has 1 aromatic heterocycles. The van der Waals surface area contributed by atoms with Crippen LogP contribution in [0.5, 0.6) is 11.5 Å². The van der Waals surface area contributed by atoms with Crippen LogP contribution in [0.2, 0.25) is 6.32 Å². The largest absolute Gasteiger partial charge is 0.669 e. The maximum atomic E-state index is 12.3. The summed E-state index contributed by atoms with van der Waals surface area (Å²) in [4.78, 5) is 25.5. The van der Waals surface area contributed by atoms with E-state index in [0.29, 0.717) is 11.3 Å². The highest BCUT2D eigenvalue weighted by Crippen LogP contribution is 2.38. The van der Waals surface area contributed by atoms with E-state index in [9.17, 15) is 24.7 Å². The lowest BCUT2D eigenvalue weighted by molar-refractivity contribution is -0.255. The van der Waals surface area contributed by atoms with E-state index in [4.69, 9.17) is 15.1 Å². The number of benzene rings is 1. The Labute approximate surface area is 164 Å². The summed E-state index contributed by atoms with van der Waals surface area (Å²) in [6, 6.07) is 2.10. The number of hydrogen-bond donors (Lipinski definition) is 4. The van der Waals surface area contributed by atoms with Crippen LogP contribution < -0.4 is 20.2 Å². The Morgan fingerprint density at radius 3 is 2.83 bits per heavy atom. The number of carbonyl (C=O) groups excluding carboxylic acids is 2. The molecule has 1 fully saturated rings. The van der Waals surface area contributed by atoms with Gasteiger partial charge in [0.2, 0.25) is 5.91 Å². The van der Waals surface area contributed by atoms with Gasteiger partial charge in [-0.15, -0.1) is 0 Å². The van der Waals surface area contributed by atoms with Gasteiger partial charge in [0, 0.05) is 0 Å². The summed E-state index contributed by atoms with van der Waals surface area (Å²) in [7, 11) is 0. The monoisotopic (exact) mass is 403 g/mol. The summed E-state index contributed by atoms with van der Waals surface area (Å²) in [6.07, 6.45) is 1.10. The molecule has 0 bridgehead atoms. The van der Waals surface area contributed by atoms with Gasteiger partial charge in [-0.3, -0.25) is 4.79 Å². The molecule has 1 aromatic carbocycles. The zero-order valence-electron chi connectivity index (χ0n) is 15.1. The Hall–Kier alpha value is -3.16. The molecule has 0 aliphatic carbocycles. The van der Waals surface area contributed by atoms with Crippen LogP contribution in [0, 0.1) is 0 Å². The number of likely N-dealkylation sites (tertiary alicyclic amines) is 1. The SMILES string of the molecule is NC(C(=O)N1CC(Oc2ccc3c(c2C(=O)[O-])O[B-](O)(O)CC3)C1)c1cn[nH]n1. The summed E-state index contributed by atoms with van der Waals surface area (Å²) < 4.78 is 10.8. The number of fused-ring (bicyclic) bond motifs is 1. The van der Waals surface area contributed by atoms with E-state index in [1.54, 1.807) is 6.07 Å². The number of nitrogens with two attached hydrogens (primary N) is 1. The third kappa shape index (κ3) is 3.62. The molecule has 1 atom stereocenters. The van der Waals surface area contributed by atoms with Crippen LogP contribution in [0.4, 0.5) is 0 Å². The van der Waals surface area contributed by atoms with E-state index in [2.05, 4.69) is 15.4 Å². The first-order valence-corrected chi connectivity index (χ1v) is 8.98. The van der Waals surface area contributed by atoms with E-state index in [0.717, 1.165) is 0 Å². The Balaban J connectivity index is 1.46. The number of hydrogen-bond acceptors (Lipinski definition) is 10. The number of nitrogens with one attached hydrogen (secondary N) is 1. The van der Waals surface area contributed by atoms with Crippen LogP contribution in [0.3, 0.4) is 0 Å². The molecule has 0 radical (unpaired) electrons. The van der Waals surface area contributed by atoms with Crippen LogP contribution in [0.1, 0.15) is 27.7 Å². The fourth-order valence-corrected chi connectivity index (χ4v) is 3.38. The highest BCUT2D eigenvalue weighted by molar-refractivity contribution is 6.59. The first-order valence-electron chi connectivity index (χ1n) is 8.98. The third-order valence-corrected chi connectivity index (χ3v) is 4.97. The number of carboxylic acids is 1.